The van der Waals surface area contributed by atoms with E-state index in [1.165, 1.54) is 0 Å². The standard InChI is InChI=1S/C34H41N5O4/c1-23-18-39(24(2)22-40)34(42)17-26-15-28(36-33(41)16-27-20-38(4)30-8-6-5-7-29(27)30)9-10-31(26)43-32(23)21-37(3)19-25-11-13-35-14-12-25/h5-15,20,23-24,32,40H,16-19,21-22H2,1-4H3,(H,36,41)/t23-,24-,32+/m1/s1. The molecule has 0 unspecified atom stereocenters. The molecule has 0 saturated heterocycles. The van der Waals surface area contributed by atoms with Crippen molar-refractivity contribution in [2.75, 3.05) is 32.1 Å². The van der Waals surface area contributed by atoms with E-state index < -0.39 is 0 Å². The number of likely N-dealkylation sites (N-methyl/N-ethyl adjacent to an activating group) is 1. The number of aryl methyl sites for hydroxylation is 1. The molecule has 226 valence electrons. The van der Waals surface area contributed by atoms with Crippen LogP contribution >= 0.6 is 0 Å². The molecule has 2 aromatic heterocycles. The van der Waals surface area contributed by atoms with Crippen LogP contribution in [0.5, 0.6) is 5.75 Å². The van der Waals surface area contributed by atoms with Crippen LogP contribution in [0.3, 0.4) is 0 Å². The van der Waals surface area contributed by atoms with E-state index in [9.17, 15) is 14.7 Å². The van der Waals surface area contributed by atoms with Crippen LogP contribution in [0.2, 0.25) is 0 Å². The monoisotopic (exact) mass is 583 g/mol. The number of anilines is 1. The number of para-hydroxylation sites is 1. The molecule has 3 atom stereocenters. The fraction of sp³-hybridized carbons (Fsp3) is 0.382. The average molecular weight is 584 g/mol. The lowest BCUT2D eigenvalue weighted by molar-refractivity contribution is -0.134. The van der Waals surface area contributed by atoms with Gasteiger partial charge in [-0.25, -0.2) is 0 Å². The van der Waals surface area contributed by atoms with Crippen molar-refractivity contribution in [1.82, 2.24) is 19.4 Å². The van der Waals surface area contributed by atoms with Gasteiger partial charge in [-0.1, -0.05) is 25.1 Å². The zero-order valence-corrected chi connectivity index (χ0v) is 25.4. The van der Waals surface area contributed by atoms with Gasteiger partial charge < -0.3 is 24.6 Å². The number of hydrogen-bond acceptors (Lipinski definition) is 6. The second-order valence-electron chi connectivity index (χ2n) is 11.8. The summed E-state index contributed by atoms with van der Waals surface area (Å²) in [6.45, 7) is 5.67. The number of ether oxygens (including phenoxy) is 1. The predicted molar refractivity (Wildman–Crippen MR) is 168 cm³/mol. The van der Waals surface area contributed by atoms with Gasteiger partial charge in [-0.2, -0.15) is 0 Å². The molecule has 0 radical (unpaired) electrons. The van der Waals surface area contributed by atoms with Crippen LogP contribution in [0.4, 0.5) is 5.69 Å². The van der Waals surface area contributed by atoms with Gasteiger partial charge in [0.2, 0.25) is 11.8 Å². The quantitative estimate of drug-likeness (QED) is 0.309. The molecule has 9 nitrogen and oxygen atoms in total. The van der Waals surface area contributed by atoms with Crippen molar-refractivity contribution in [3.8, 4) is 5.75 Å². The van der Waals surface area contributed by atoms with Crippen molar-refractivity contribution in [1.29, 1.82) is 0 Å². The molecular weight excluding hydrogens is 542 g/mol. The summed E-state index contributed by atoms with van der Waals surface area (Å²) in [5.41, 5.74) is 4.51. The Morgan fingerprint density at radius 1 is 1.19 bits per heavy atom. The largest absolute Gasteiger partial charge is 0.488 e. The summed E-state index contributed by atoms with van der Waals surface area (Å²) in [4.78, 5) is 34.8. The summed E-state index contributed by atoms with van der Waals surface area (Å²) >= 11 is 0. The Kier molecular flexibility index (Phi) is 9.43. The van der Waals surface area contributed by atoms with E-state index in [1.807, 2.05) is 79.3 Å². The third kappa shape index (κ3) is 7.24. The molecule has 0 saturated carbocycles. The second kappa shape index (κ2) is 13.4. The van der Waals surface area contributed by atoms with E-state index in [0.717, 1.165) is 28.6 Å². The molecule has 0 bridgehead atoms. The second-order valence-corrected chi connectivity index (χ2v) is 11.8. The molecule has 2 aromatic carbocycles. The topological polar surface area (TPSA) is 99.9 Å². The number of aromatic nitrogens is 2. The fourth-order valence-corrected chi connectivity index (χ4v) is 5.84. The number of benzene rings is 2. The molecule has 1 aliphatic heterocycles. The number of carbonyl (C=O) groups excluding carboxylic acids is 2. The summed E-state index contributed by atoms with van der Waals surface area (Å²) in [5.74, 6) is 0.423. The van der Waals surface area contributed by atoms with Crippen molar-refractivity contribution in [3.05, 3.63) is 89.9 Å². The highest BCUT2D eigenvalue weighted by Crippen LogP contribution is 2.30. The van der Waals surface area contributed by atoms with E-state index in [-0.39, 0.29) is 49.3 Å². The first-order valence-corrected chi connectivity index (χ1v) is 14.8. The van der Waals surface area contributed by atoms with Crippen LogP contribution < -0.4 is 10.1 Å². The van der Waals surface area contributed by atoms with Crippen LogP contribution in [0.25, 0.3) is 10.9 Å². The van der Waals surface area contributed by atoms with Crippen LogP contribution in [0, 0.1) is 5.92 Å². The van der Waals surface area contributed by atoms with Gasteiger partial charge in [0.1, 0.15) is 11.9 Å². The van der Waals surface area contributed by atoms with Gasteiger partial charge in [0.05, 0.1) is 25.5 Å². The molecule has 1 aliphatic rings. The molecule has 2 N–H and O–H groups in total. The Labute approximate surface area is 253 Å². The first-order chi connectivity index (χ1) is 20.7. The number of nitrogens with one attached hydrogen (secondary N) is 1. The highest BCUT2D eigenvalue weighted by atomic mass is 16.5. The van der Waals surface area contributed by atoms with Crippen molar-refractivity contribution in [2.45, 2.75) is 45.4 Å². The molecule has 3 heterocycles. The maximum Gasteiger partial charge on any atom is 0.228 e. The Morgan fingerprint density at radius 3 is 2.72 bits per heavy atom. The van der Waals surface area contributed by atoms with E-state index in [2.05, 4.69) is 29.2 Å². The molecule has 43 heavy (non-hydrogen) atoms. The number of hydrogen-bond donors (Lipinski definition) is 2. The van der Waals surface area contributed by atoms with E-state index >= 15 is 0 Å². The van der Waals surface area contributed by atoms with Gasteiger partial charge in [0, 0.05) is 73.3 Å². The van der Waals surface area contributed by atoms with Crippen LogP contribution in [-0.2, 0) is 36.0 Å². The van der Waals surface area contributed by atoms with E-state index in [0.29, 0.717) is 30.1 Å². The molecule has 9 heteroatoms. The van der Waals surface area contributed by atoms with Crippen molar-refractivity contribution in [2.24, 2.45) is 13.0 Å². The molecule has 4 aromatic rings. The average Bonchev–Trinajstić information content (AvgIpc) is 3.32. The van der Waals surface area contributed by atoms with Gasteiger partial charge in [-0.15, -0.1) is 0 Å². The number of aliphatic hydroxyl groups excluding tert-OH is 1. The zero-order chi connectivity index (χ0) is 30.5. The van der Waals surface area contributed by atoms with Gasteiger partial charge in [-0.3, -0.25) is 19.5 Å². The minimum absolute atomic E-state index is 0.00358. The first kappa shape index (κ1) is 30.3. The normalized spacial score (nSPS) is 18.0. The first-order valence-electron chi connectivity index (χ1n) is 14.8. The number of rotatable bonds is 9. The number of nitrogens with zero attached hydrogens (tertiary/aromatic N) is 4. The molecular formula is C34H41N5O4. The summed E-state index contributed by atoms with van der Waals surface area (Å²) in [7, 11) is 4.03. The number of amides is 2. The Morgan fingerprint density at radius 2 is 1.95 bits per heavy atom. The molecule has 5 rings (SSSR count). The highest BCUT2D eigenvalue weighted by molar-refractivity contribution is 5.96. The summed E-state index contributed by atoms with van der Waals surface area (Å²) in [6, 6.07) is 17.2. The molecule has 0 aliphatic carbocycles. The van der Waals surface area contributed by atoms with Crippen LogP contribution in [-0.4, -0.2) is 75.2 Å². The lowest BCUT2D eigenvalue weighted by Crippen LogP contribution is -2.47. The molecule has 0 fully saturated rings. The van der Waals surface area contributed by atoms with Gasteiger partial charge in [0.15, 0.2) is 0 Å². The minimum Gasteiger partial charge on any atom is -0.488 e. The Bertz CT molecular complexity index is 1570. The number of pyridine rings is 1. The molecule has 2 amide bonds. The SMILES string of the molecule is C[C@@H]1CN([C@H](C)CO)C(=O)Cc2cc(NC(=O)Cc3cn(C)c4ccccc34)ccc2O[C@H]1CN(C)Cc1ccncc1. The van der Waals surface area contributed by atoms with Gasteiger partial charge >= 0.3 is 0 Å². The van der Waals surface area contributed by atoms with Crippen molar-refractivity contribution < 1.29 is 19.4 Å². The Hall–Kier alpha value is -4.21. The lowest BCUT2D eigenvalue weighted by atomic mass is 10.0. The predicted octanol–water partition coefficient (Wildman–Crippen LogP) is 4.04. The smallest absolute Gasteiger partial charge is 0.228 e. The van der Waals surface area contributed by atoms with Gasteiger partial charge in [0.25, 0.3) is 0 Å². The fourth-order valence-electron chi connectivity index (χ4n) is 5.84. The van der Waals surface area contributed by atoms with E-state index in [4.69, 9.17) is 4.74 Å². The van der Waals surface area contributed by atoms with Gasteiger partial charge in [-0.05, 0) is 61.5 Å². The number of aliphatic hydroxyl groups is 1. The maximum atomic E-state index is 13.6. The Balaban J connectivity index is 1.37. The summed E-state index contributed by atoms with van der Waals surface area (Å²) < 4.78 is 8.67. The van der Waals surface area contributed by atoms with Crippen molar-refractivity contribution in [3.63, 3.8) is 0 Å². The van der Waals surface area contributed by atoms with Crippen LogP contribution in [0.1, 0.15) is 30.5 Å². The minimum atomic E-state index is -0.324. The summed E-state index contributed by atoms with van der Waals surface area (Å²) in [6.07, 6.45) is 5.70. The van der Waals surface area contributed by atoms with Crippen molar-refractivity contribution >= 4 is 28.4 Å². The molecule has 0 spiro atoms. The third-order valence-electron chi connectivity index (χ3n) is 8.22. The zero-order valence-electron chi connectivity index (χ0n) is 25.4. The lowest BCUT2D eigenvalue weighted by Gasteiger charge is -2.34. The van der Waals surface area contributed by atoms with E-state index in [1.54, 1.807) is 17.3 Å². The highest BCUT2D eigenvalue weighted by Gasteiger charge is 2.31. The number of carbonyl (C=O) groups is 2. The number of fused-ring (bicyclic) bond motifs is 2. The third-order valence-corrected chi connectivity index (χ3v) is 8.22. The van der Waals surface area contributed by atoms with Crippen LogP contribution in [0.15, 0.2) is 73.2 Å². The summed E-state index contributed by atoms with van der Waals surface area (Å²) in [5, 5.41) is 14.0. The maximum absolute atomic E-state index is 13.6.